The second kappa shape index (κ2) is 6.01. The highest BCUT2D eigenvalue weighted by Gasteiger charge is 2.82. The zero-order chi connectivity index (χ0) is 21.0. The van der Waals surface area contributed by atoms with Crippen molar-refractivity contribution in [1.82, 2.24) is 10.6 Å². The van der Waals surface area contributed by atoms with Gasteiger partial charge in [-0.3, -0.25) is 0 Å². The maximum Gasteiger partial charge on any atom is 0.0594 e. The van der Waals surface area contributed by atoms with Gasteiger partial charge in [0.15, 0.2) is 0 Å². The molecule has 0 amide bonds. The number of fused-ring (bicyclic) bond motifs is 2. The zero-order valence-electron chi connectivity index (χ0n) is 20.1. The highest BCUT2D eigenvalue weighted by atomic mass is 16.3. The van der Waals surface area contributed by atoms with Gasteiger partial charge < -0.3 is 15.7 Å². The lowest BCUT2D eigenvalue weighted by Gasteiger charge is -2.63. The molecule has 0 aromatic heterocycles. The molecule has 29 heavy (non-hydrogen) atoms. The van der Waals surface area contributed by atoms with E-state index in [-0.39, 0.29) is 11.5 Å². The quantitative estimate of drug-likeness (QED) is 0.647. The average Bonchev–Trinajstić information content (AvgIpc) is 3.26. The number of hydrogen-bond donors (Lipinski definition) is 3. The normalized spacial score (nSPS) is 58.6. The third kappa shape index (κ3) is 2.16. The highest BCUT2D eigenvalue weighted by molar-refractivity contribution is 5.31. The molecule has 5 aliphatic carbocycles. The molecule has 0 heterocycles. The van der Waals surface area contributed by atoms with Crippen LogP contribution < -0.4 is 10.6 Å². The molecular weight excluding hydrogens is 356 g/mol. The zero-order valence-corrected chi connectivity index (χ0v) is 20.1. The minimum Gasteiger partial charge on any atom is -0.393 e. The lowest BCUT2D eigenvalue weighted by Crippen LogP contribution is -2.59. The van der Waals surface area contributed by atoms with Crippen LogP contribution in [0.3, 0.4) is 0 Å². The van der Waals surface area contributed by atoms with Crippen LogP contribution in [0.2, 0.25) is 0 Å². The molecule has 5 rings (SSSR count). The fourth-order valence-electron chi connectivity index (χ4n) is 11.1. The molecule has 3 nitrogen and oxygen atoms in total. The van der Waals surface area contributed by atoms with Crippen LogP contribution in [-0.4, -0.2) is 37.4 Å². The van der Waals surface area contributed by atoms with Gasteiger partial charge in [-0.1, -0.05) is 27.7 Å². The van der Waals surface area contributed by atoms with Gasteiger partial charge >= 0.3 is 0 Å². The maximum atomic E-state index is 11.3. The third-order valence-corrected chi connectivity index (χ3v) is 12.5. The molecule has 10 atom stereocenters. The number of rotatable bonds is 3. The van der Waals surface area contributed by atoms with Gasteiger partial charge in [0.05, 0.1) is 6.10 Å². The molecule has 0 radical (unpaired) electrons. The first-order valence-corrected chi connectivity index (χ1v) is 12.6. The van der Waals surface area contributed by atoms with Crippen molar-refractivity contribution >= 4 is 0 Å². The summed E-state index contributed by atoms with van der Waals surface area (Å²) in [5, 5.41) is 18.4. The Labute approximate surface area is 179 Å². The molecule has 5 fully saturated rings. The van der Waals surface area contributed by atoms with Crippen molar-refractivity contribution in [3.63, 3.8) is 0 Å². The standard InChI is InChI=1S/C26H46N2O/c1-16(27-6)21-17(29)14-24(5)19-9-8-18-22(2,3)20(28-7)10-11-25(18)15-26(19,25)13-12-23(21,24)4/h16-21,27-29H,8-15H2,1-7H3/t16?,17-,18+,19+,20+,21?,23-,24+,25-,26+/m1/s1. The summed E-state index contributed by atoms with van der Waals surface area (Å²) in [6, 6.07) is 1.06. The summed E-state index contributed by atoms with van der Waals surface area (Å²) >= 11 is 0. The molecule has 0 saturated heterocycles. The first-order valence-electron chi connectivity index (χ1n) is 12.6. The lowest BCUT2D eigenvalue weighted by molar-refractivity contribution is -0.144. The Morgan fingerprint density at radius 1 is 0.862 bits per heavy atom. The molecule has 0 bridgehead atoms. The van der Waals surface area contributed by atoms with Gasteiger partial charge in [-0.05, 0) is 111 Å². The number of hydrogen-bond acceptors (Lipinski definition) is 3. The van der Waals surface area contributed by atoms with Gasteiger partial charge in [0.2, 0.25) is 0 Å². The Morgan fingerprint density at radius 3 is 2.17 bits per heavy atom. The highest BCUT2D eigenvalue weighted by Crippen LogP contribution is 2.88. The van der Waals surface area contributed by atoms with E-state index in [1.165, 1.54) is 44.9 Å². The summed E-state index contributed by atoms with van der Waals surface area (Å²) in [5.74, 6) is 2.08. The van der Waals surface area contributed by atoms with Crippen molar-refractivity contribution in [3.8, 4) is 0 Å². The minimum atomic E-state index is -0.147. The van der Waals surface area contributed by atoms with Crippen LogP contribution in [0.4, 0.5) is 0 Å². The van der Waals surface area contributed by atoms with Crippen molar-refractivity contribution in [2.24, 2.45) is 44.8 Å². The van der Waals surface area contributed by atoms with Crippen molar-refractivity contribution in [2.45, 2.75) is 104 Å². The summed E-state index contributed by atoms with van der Waals surface area (Å²) in [6.45, 7) is 12.6. The molecule has 0 aromatic rings. The van der Waals surface area contributed by atoms with Gasteiger partial charge in [0.25, 0.3) is 0 Å². The van der Waals surface area contributed by atoms with E-state index >= 15 is 0 Å². The molecule has 5 aliphatic rings. The predicted octanol–water partition coefficient (Wildman–Crippen LogP) is 4.59. The Hall–Kier alpha value is -0.120. The maximum absolute atomic E-state index is 11.3. The van der Waals surface area contributed by atoms with Crippen LogP contribution >= 0.6 is 0 Å². The first kappa shape index (κ1) is 20.8. The van der Waals surface area contributed by atoms with E-state index in [0.29, 0.717) is 39.7 Å². The minimum absolute atomic E-state index is 0.147. The van der Waals surface area contributed by atoms with E-state index in [4.69, 9.17) is 0 Å². The van der Waals surface area contributed by atoms with Gasteiger partial charge in [0.1, 0.15) is 0 Å². The smallest absolute Gasteiger partial charge is 0.0594 e. The van der Waals surface area contributed by atoms with Gasteiger partial charge in [-0.2, -0.15) is 0 Å². The molecule has 0 aromatic carbocycles. The fourth-order valence-corrected chi connectivity index (χ4v) is 11.1. The molecule has 3 heteroatoms. The lowest BCUT2D eigenvalue weighted by atomic mass is 9.42. The Morgan fingerprint density at radius 2 is 1.52 bits per heavy atom. The predicted molar refractivity (Wildman–Crippen MR) is 120 cm³/mol. The Balaban J connectivity index is 1.52. The molecule has 166 valence electrons. The summed E-state index contributed by atoms with van der Waals surface area (Å²) in [7, 11) is 4.25. The molecule has 2 unspecified atom stereocenters. The van der Waals surface area contributed by atoms with E-state index in [9.17, 15) is 5.11 Å². The second-order valence-electron chi connectivity index (χ2n) is 13.1. The van der Waals surface area contributed by atoms with Crippen molar-refractivity contribution in [3.05, 3.63) is 0 Å². The van der Waals surface area contributed by atoms with Crippen molar-refractivity contribution in [1.29, 1.82) is 0 Å². The Bertz CT molecular complexity index is 692. The average molecular weight is 403 g/mol. The Kier molecular flexibility index (Phi) is 4.31. The van der Waals surface area contributed by atoms with Crippen LogP contribution in [0.5, 0.6) is 0 Å². The molecule has 3 N–H and O–H groups in total. The topological polar surface area (TPSA) is 44.3 Å². The summed E-state index contributed by atoms with van der Waals surface area (Å²) < 4.78 is 0. The van der Waals surface area contributed by atoms with Crippen LogP contribution in [0.1, 0.15) is 86.0 Å². The van der Waals surface area contributed by atoms with E-state index < -0.39 is 0 Å². The van der Waals surface area contributed by atoms with E-state index in [2.05, 4.69) is 59.3 Å². The SMILES string of the molecule is CNC(C)C1[C@H](O)C[C@@]2(C)[C@@H]3CC[C@H]4C(C)(C)[C@@H](NC)CC[C@@]45C[C@@]35CC[C@]12C. The van der Waals surface area contributed by atoms with E-state index in [1.54, 1.807) is 0 Å². The van der Waals surface area contributed by atoms with Gasteiger partial charge in [-0.15, -0.1) is 0 Å². The third-order valence-electron chi connectivity index (χ3n) is 12.5. The van der Waals surface area contributed by atoms with E-state index in [1.807, 2.05) is 0 Å². The first-order chi connectivity index (χ1) is 13.5. The molecule has 2 spiro atoms. The number of aliphatic hydroxyl groups is 1. The monoisotopic (exact) mass is 402 g/mol. The van der Waals surface area contributed by atoms with Crippen LogP contribution in [0.25, 0.3) is 0 Å². The van der Waals surface area contributed by atoms with Crippen LogP contribution in [0.15, 0.2) is 0 Å². The summed E-state index contributed by atoms with van der Waals surface area (Å²) in [5.41, 5.74) is 2.14. The van der Waals surface area contributed by atoms with Crippen LogP contribution in [-0.2, 0) is 0 Å². The summed E-state index contributed by atoms with van der Waals surface area (Å²) in [4.78, 5) is 0. The van der Waals surface area contributed by atoms with Crippen molar-refractivity contribution in [2.75, 3.05) is 14.1 Å². The van der Waals surface area contributed by atoms with E-state index in [0.717, 1.165) is 18.3 Å². The molecule has 0 aliphatic heterocycles. The molecular formula is C26H46N2O. The fraction of sp³-hybridized carbons (Fsp3) is 1.00. The van der Waals surface area contributed by atoms with Crippen molar-refractivity contribution < 1.29 is 5.11 Å². The molecule has 5 saturated carbocycles. The van der Waals surface area contributed by atoms with Crippen LogP contribution in [0, 0.1) is 44.8 Å². The van der Waals surface area contributed by atoms with Gasteiger partial charge in [-0.25, -0.2) is 0 Å². The van der Waals surface area contributed by atoms with Gasteiger partial charge in [0, 0.05) is 18.0 Å². The second-order valence-corrected chi connectivity index (χ2v) is 13.1. The summed E-state index contributed by atoms with van der Waals surface area (Å²) in [6.07, 6.45) is 10.7. The number of nitrogens with one attached hydrogen (secondary N) is 2. The largest absolute Gasteiger partial charge is 0.393 e. The number of aliphatic hydroxyl groups excluding tert-OH is 1.